The van der Waals surface area contributed by atoms with Crippen molar-refractivity contribution in [3.05, 3.63) is 0 Å². The minimum absolute atomic E-state index is 0.0730. The summed E-state index contributed by atoms with van der Waals surface area (Å²) in [6.07, 6.45) is 1.50. The second-order valence-corrected chi connectivity index (χ2v) is 5.19. The second-order valence-electron chi connectivity index (χ2n) is 5.19. The molecular formula is C13H23FN2O2. The first-order valence-electron chi connectivity index (χ1n) is 6.68. The predicted molar refractivity (Wildman–Crippen MR) is 67.8 cm³/mol. The highest BCUT2D eigenvalue weighted by atomic mass is 19.1. The van der Waals surface area contributed by atoms with Crippen LogP contribution >= 0.6 is 0 Å². The topological polar surface area (TPSA) is 49.4 Å². The molecule has 2 amide bonds. The first-order chi connectivity index (χ1) is 8.51. The van der Waals surface area contributed by atoms with Gasteiger partial charge in [0.1, 0.15) is 12.1 Å². The summed E-state index contributed by atoms with van der Waals surface area (Å²) in [4.78, 5) is 25.8. The maximum atomic E-state index is 12.3. The maximum Gasteiger partial charge on any atom is 0.245 e. The number of carbonyl (C=O) groups excluding carboxylic acids is 2. The SMILES string of the molecule is CCC1NC(=O)C(CC(C)C)N(CCCF)C1=O. The molecule has 18 heavy (non-hydrogen) atoms. The van der Waals surface area contributed by atoms with E-state index in [9.17, 15) is 14.0 Å². The van der Waals surface area contributed by atoms with E-state index >= 15 is 0 Å². The number of amides is 2. The van der Waals surface area contributed by atoms with E-state index in [0.29, 0.717) is 31.7 Å². The van der Waals surface area contributed by atoms with Crippen LogP contribution in [0.3, 0.4) is 0 Å². The Hall–Kier alpha value is -1.13. The number of alkyl halides is 1. The summed E-state index contributed by atoms with van der Waals surface area (Å²) < 4.78 is 12.3. The zero-order valence-electron chi connectivity index (χ0n) is 11.4. The van der Waals surface area contributed by atoms with Crippen LogP contribution in [0, 0.1) is 5.92 Å². The van der Waals surface area contributed by atoms with Gasteiger partial charge in [0, 0.05) is 6.54 Å². The lowest BCUT2D eigenvalue weighted by Crippen LogP contribution is -2.63. The van der Waals surface area contributed by atoms with Crippen molar-refractivity contribution in [2.45, 2.75) is 52.1 Å². The first kappa shape index (κ1) is 14.9. The van der Waals surface area contributed by atoms with Crippen LogP contribution in [-0.4, -0.2) is 42.0 Å². The van der Waals surface area contributed by atoms with Crippen molar-refractivity contribution in [1.29, 1.82) is 0 Å². The molecule has 0 aromatic rings. The standard InChI is InChI=1S/C13H23FN2O2/c1-4-10-13(18)16(7-5-6-14)11(8-9(2)3)12(17)15-10/h9-11H,4-8H2,1-3H3,(H,15,17). The Kier molecular flexibility index (Phi) is 5.56. The Morgan fingerprint density at radius 1 is 1.39 bits per heavy atom. The molecule has 0 aromatic heterocycles. The molecule has 1 fully saturated rings. The fraction of sp³-hybridized carbons (Fsp3) is 0.846. The van der Waals surface area contributed by atoms with Gasteiger partial charge < -0.3 is 10.2 Å². The highest BCUT2D eigenvalue weighted by Crippen LogP contribution is 2.19. The molecule has 0 bridgehead atoms. The van der Waals surface area contributed by atoms with Gasteiger partial charge in [0.05, 0.1) is 6.67 Å². The third-order valence-electron chi connectivity index (χ3n) is 3.21. The van der Waals surface area contributed by atoms with E-state index in [2.05, 4.69) is 5.32 Å². The Morgan fingerprint density at radius 3 is 2.56 bits per heavy atom. The highest BCUT2D eigenvalue weighted by Gasteiger charge is 2.39. The summed E-state index contributed by atoms with van der Waals surface area (Å²) >= 11 is 0. The van der Waals surface area contributed by atoms with Gasteiger partial charge in [-0.2, -0.15) is 0 Å². The minimum Gasteiger partial charge on any atom is -0.343 e. The molecule has 104 valence electrons. The molecule has 2 atom stereocenters. The number of nitrogens with one attached hydrogen (secondary N) is 1. The molecule has 0 saturated carbocycles. The van der Waals surface area contributed by atoms with Gasteiger partial charge in [0.2, 0.25) is 11.8 Å². The molecule has 0 aliphatic carbocycles. The average Bonchev–Trinajstić information content (AvgIpc) is 2.32. The van der Waals surface area contributed by atoms with Crippen LogP contribution in [0.2, 0.25) is 0 Å². The van der Waals surface area contributed by atoms with Crippen LogP contribution in [0.5, 0.6) is 0 Å². The van der Waals surface area contributed by atoms with Gasteiger partial charge in [-0.3, -0.25) is 14.0 Å². The molecule has 0 radical (unpaired) electrons. The van der Waals surface area contributed by atoms with Gasteiger partial charge in [-0.05, 0) is 25.2 Å². The van der Waals surface area contributed by atoms with Crippen LogP contribution in [-0.2, 0) is 9.59 Å². The quantitative estimate of drug-likeness (QED) is 0.785. The minimum atomic E-state index is -0.462. The first-order valence-corrected chi connectivity index (χ1v) is 6.68. The normalized spacial score (nSPS) is 24.6. The molecule has 1 aliphatic heterocycles. The summed E-state index contributed by atoms with van der Waals surface area (Å²) in [5.41, 5.74) is 0. The monoisotopic (exact) mass is 258 g/mol. The van der Waals surface area contributed by atoms with E-state index in [1.54, 1.807) is 4.90 Å². The largest absolute Gasteiger partial charge is 0.343 e. The van der Waals surface area contributed by atoms with Crippen LogP contribution < -0.4 is 5.32 Å². The van der Waals surface area contributed by atoms with E-state index in [1.165, 1.54) is 0 Å². The van der Waals surface area contributed by atoms with Crippen molar-refractivity contribution in [2.75, 3.05) is 13.2 Å². The fourth-order valence-electron chi connectivity index (χ4n) is 2.28. The summed E-state index contributed by atoms with van der Waals surface area (Å²) in [5.74, 6) is 0.143. The Morgan fingerprint density at radius 2 is 2.06 bits per heavy atom. The molecule has 1 saturated heterocycles. The third kappa shape index (κ3) is 3.43. The summed E-state index contributed by atoms with van der Waals surface area (Å²) in [6.45, 7) is 5.75. The summed E-state index contributed by atoms with van der Waals surface area (Å²) in [7, 11) is 0. The van der Waals surface area contributed by atoms with Crippen molar-refractivity contribution < 1.29 is 14.0 Å². The Labute approximate surface area is 108 Å². The molecule has 1 aliphatic rings. The molecule has 1 N–H and O–H groups in total. The Balaban J connectivity index is 2.83. The van der Waals surface area contributed by atoms with E-state index in [1.807, 2.05) is 20.8 Å². The number of rotatable bonds is 6. The van der Waals surface area contributed by atoms with Crippen molar-refractivity contribution in [3.8, 4) is 0 Å². The van der Waals surface area contributed by atoms with Crippen molar-refractivity contribution >= 4 is 11.8 Å². The van der Waals surface area contributed by atoms with E-state index in [4.69, 9.17) is 0 Å². The molecule has 0 spiro atoms. The van der Waals surface area contributed by atoms with Crippen LogP contribution in [0.1, 0.15) is 40.0 Å². The molecule has 1 rings (SSSR count). The summed E-state index contributed by atoms with van der Waals surface area (Å²) in [6, 6.07) is -0.882. The van der Waals surface area contributed by atoms with Crippen LogP contribution in [0.25, 0.3) is 0 Å². The van der Waals surface area contributed by atoms with Crippen LogP contribution in [0.15, 0.2) is 0 Å². The molecule has 4 nitrogen and oxygen atoms in total. The fourth-order valence-corrected chi connectivity index (χ4v) is 2.28. The predicted octanol–water partition coefficient (Wildman–Crippen LogP) is 1.50. The van der Waals surface area contributed by atoms with E-state index in [-0.39, 0.29) is 11.8 Å². The number of hydrogen-bond donors (Lipinski definition) is 1. The van der Waals surface area contributed by atoms with Gasteiger partial charge in [0.25, 0.3) is 0 Å². The highest BCUT2D eigenvalue weighted by molar-refractivity contribution is 5.96. The zero-order chi connectivity index (χ0) is 13.7. The number of nitrogens with zero attached hydrogens (tertiary/aromatic N) is 1. The number of halogens is 1. The Bertz CT molecular complexity index is 307. The smallest absolute Gasteiger partial charge is 0.245 e. The maximum absolute atomic E-state index is 12.3. The van der Waals surface area contributed by atoms with Gasteiger partial charge >= 0.3 is 0 Å². The lowest BCUT2D eigenvalue weighted by Gasteiger charge is -2.39. The van der Waals surface area contributed by atoms with E-state index in [0.717, 1.165) is 0 Å². The van der Waals surface area contributed by atoms with Crippen LogP contribution in [0.4, 0.5) is 4.39 Å². The van der Waals surface area contributed by atoms with Crippen molar-refractivity contribution in [1.82, 2.24) is 10.2 Å². The van der Waals surface area contributed by atoms with Gasteiger partial charge in [0.15, 0.2) is 0 Å². The zero-order valence-corrected chi connectivity index (χ0v) is 11.4. The molecular weight excluding hydrogens is 235 g/mol. The summed E-state index contributed by atoms with van der Waals surface area (Å²) in [5, 5.41) is 2.75. The number of hydrogen-bond acceptors (Lipinski definition) is 2. The lowest BCUT2D eigenvalue weighted by atomic mass is 9.97. The third-order valence-corrected chi connectivity index (χ3v) is 3.21. The van der Waals surface area contributed by atoms with E-state index < -0.39 is 18.8 Å². The second kappa shape index (κ2) is 6.71. The molecule has 1 heterocycles. The van der Waals surface area contributed by atoms with Gasteiger partial charge in [-0.25, -0.2) is 0 Å². The van der Waals surface area contributed by atoms with Crippen molar-refractivity contribution in [2.24, 2.45) is 5.92 Å². The number of piperazine rings is 1. The van der Waals surface area contributed by atoms with Gasteiger partial charge in [-0.1, -0.05) is 20.8 Å². The molecule has 0 aromatic carbocycles. The number of carbonyl (C=O) groups is 2. The molecule has 2 unspecified atom stereocenters. The lowest BCUT2D eigenvalue weighted by molar-refractivity contribution is -0.150. The van der Waals surface area contributed by atoms with Crippen molar-refractivity contribution in [3.63, 3.8) is 0 Å². The van der Waals surface area contributed by atoms with Gasteiger partial charge in [-0.15, -0.1) is 0 Å². The average molecular weight is 258 g/mol. The molecule has 5 heteroatoms.